The summed E-state index contributed by atoms with van der Waals surface area (Å²) in [7, 11) is 2.13. The summed E-state index contributed by atoms with van der Waals surface area (Å²) in [5.74, 6) is 0.896. The summed E-state index contributed by atoms with van der Waals surface area (Å²) in [6, 6.07) is 6.28. The molecule has 2 nitrogen and oxygen atoms in total. The Morgan fingerprint density at radius 3 is 2.75 bits per heavy atom. The van der Waals surface area contributed by atoms with Crippen molar-refractivity contribution in [2.45, 2.75) is 19.3 Å². The van der Waals surface area contributed by atoms with E-state index in [4.69, 9.17) is 17.3 Å². The Morgan fingerprint density at radius 1 is 1.44 bits per heavy atom. The Balaban J connectivity index is 2.06. The molecule has 1 aromatic rings. The highest BCUT2D eigenvalue weighted by molar-refractivity contribution is 6.31. The lowest BCUT2D eigenvalue weighted by Gasteiger charge is -2.20. The molecule has 0 aromatic heterocycles. The van der Waals surface area contributed by atoms with Crippen LogP contribution in [0.1, 0.15) is 18.4 Å². The zero-order valence-electron chi connectivity index (χ0n) is 9.75. The van der Waals surface area contributed by atoms with Crippen molar-refractivity contribution in [3.05, 3.63) is 28.8 Å². The normalized spacial score (nSPS) is 15.2. The molecule has 1 saturated carbocycles. The maximum absolute atomic E-state index is 6.22. The van der Waals surface area contributed by atoms with E-state index in [1.54, 1.807) is 0 Å². The van der Waals surface area contributed by atoms with Gasteiger partial charge in [0.25, 0.3) is 0 Å². The molecule has 1 aromatic carbocycles. The number of hydrogen-bond acceptors (Lipinski definition) is 2. The number of nitrogens with two attached hydrogens (primary N) is 1. The molecule has 2 N–H and O–H groups in total. The van der Waals surface area contributed by atoms with Crippen LogP contribution in [0.25, 0.3) is 0 Å². The Morgan fingerprint density at radius 2 is 2.19 bits per heavy atom. The topological polar surface area (TPSA) is 29.3 Å². The van der Waals surface area contributed by atoms with Crippen LogP contribution < -0.4 is 10.6 Å². The minimum atomic E-state index is 0.650. The summed E-state index contributed by atoms with van der Waals surface area (Å²) in [5, 5.41) is 0.839. The van der Waals surface area contributed by atoms with Crippen LogP contribution in [0.2, 0.25) is 5.02 Å². The maximum Gasteiger partial charge on any atom is 0.0459 e. The summed E-state index contributed by atoms with van der Waals surface area (Å²) in [5.41, 5.74) is 7.88. The minimum Gasteiger partial charge on any atom is -0.374 e. The first-order valence-corrected chi connectivity index (χ1v) is 6.28. The quantitative estimate of drug-likeness (QED) is 0.855. The standard InChI is InChI=1S/C13H19ClN2/c1-16(9-10-2-3-10)12-5-4-11(6-7-15)13(14)8-12/h4-5,8,10H,2-3,6-7,9,15H2,1H3. The third-order valence-corrected chi connectivity index (χ3v) is 3.47. The van der Waals surface area contributed by atoms with Crippen LogP contribution in [0.5, 0.6) is 0 Å². The molecule has 1 aliphatic carbocycles. The fourth-order valence-electron chi connectivity index (χ4n) is 1.93. The number of rotatable bonds is 5. The Labute approximate surface area is 102 Å². The van der Waals surface area contributed by atoms with Crippen LogP contribution in [0.3, 0.4) is 0 Å². The first-order chi connectivity index (χ1) is 7.70. The SMILES string of the molecule is CN(CC1CC1)c1ccc(CCN)c(Cl)c1. The zero-order chi connectivity index (χ0) is 11.5. The molecule has 0 aliphatic heterocycles. The third kappa shape index (κ3) is 2.89. The highest BCUT2D eigenvalue weighted by Gasteiger charge is 2.23. The van der Waals surface area contributed by atoms with Crippen molar-refractivity contribution in [2.24, 2.45) is 11.7 Å². The van der Waals surface area contributed by atoms with Gasteiger partial charge in [0.1, 0.15) is 0 Å². The van der Waals surface area contributed by atoms with Gasteiger partial charge in [0.05, 0.1) is 0 Å². The second-order valence-electron chi connectivity index (χ2n) is 4.64. The molecule has 0 atom stereocenters. The van der Waals surface area contributed by atoms with E-state index in [0.717, 1.165) is 29.5 Å². The fraction of sp³-hybridized carbons (Fsp3) is 0.538. The summed E-state index contributed by atoms with van der Waals surface area (Å²) in [6.07, 6.45) is 3.61. The van der Waals surface area contributed by atoms with Gasteiger partial charge in [0, 0.05) is 24.3 Å². The third-order valence-electron chi connectivity index (χ3n) is 3.12. The van der Waals surface area contributed by atoms with Gasteiger partial charge >= 0.3 is 0 Å². The number of benzene rings is 1. The number of anilines is 1. The largest absolute Gasteiger partial charge is 0.374 e. The first kappa shape index (κ1) is 11.7. The van der Waals surface area contributed by atoms with E-state index in [0.29, 0.717) is 6.54 Å². The Hall–Kier alpha value is -0.730. The molecular formula is C13H19ClN2. The molecule has 88 valence electrons. The lowest BCUT2D eigenvalue weighted by Crippen LogP contribution is -2.19. The average Bonchev–Trinajstić information content (AvgIpc) is 3.05. The zero-order valence-corrected chi connectivity index (χ0v) is 10.5. The van der Waals surface area contributed by atoms with Gasteiger partial charge in [-0.15, -0.1) is 0 Å². The fourth-order valence-corrected chi connectivity index (χ4v) is 2.19. The highest BCUT2D eigenvalue weighted by atomic mass is 35.5. The lowest BCUT2D eigenvalue weighted by atomic mass is 10.1. The Bertz CT molecular complexity index is 361. The van der Waals surface area contributed by atoms with Crippen molar-refractivity contribution >= 4 is 17.3 Å². The highest BCUT2D eigenvalue weighted by Crippen LogP contribution is 2.31. The van der Waals surface area contributed by atoms with Crippen molar-refractivity contribution in [1.29, 1.82) is 0 Å². The molecular weight excluding hydrogens is 220 g/mol. The molecule has 0 radical (unpaired) electrons. The lowest BCUT2D eigenvalue weighted by molar-refractivity contribution is 0.787. The van der Waals surface area contributed by atoms with Gasteiger partial charge in [0.2, 0.25) is 0 Å². The second-order valence-corrected chi connectivity index (χ2v) is 5.05. The monoisotopic (exact) mass is 238 g/mol. The van der Waals surface area contributed by atoms with Crippen molar-refractivity contribution in [1.82, 2.24) is 0 Å². The minimum absolute atomic E-state index is 0.650. The molecule has 2 rings (SSSR count). The van der Waals surface area contributed by atoms with Crippen LogP contribution in [0.15, 0.2) is 18.2 Å². The van der Waals surface area contributed by atoms with Crippen molar-refractivity contribution in [3.63, 3.8) is 0 Å². The van der Waals surface area contributed by atoms with Crippen molar-refractivity contribution in [3.8, 4) is 0 Å². The first-order valence-electron chi connectivity index (χ1n) is 5.90. The number of nitrogens with zero attached hydrogens (tertiary/aromatic N) is 1. The average molecular weight is 239 g/mol. The smallest absolute Gasteiger partial charge is 0.0459 e. The molecule has 0 heterocycles. The van der Waals surface area contributed by atoms with E-state index < -0.39 is 0 Å². The van der Waals surface area contributed by atoms with E-state index in [2.05, 4.69) is 30.1 Å². The van der Waals surface area contributed by atoms with Gasteiger partial charge in [-0.1, -0.05) is 17.7 Å². The molecule has 1 fully saturated rings. The predicted octanol–water partition coefficient (Wildman–Crippen LogP) is 2.69. The van der Waals surface area contributed by atoms with Crippen LogP contribution in [-0.2, 0) is 6.42 Å². The van der Waals surface area contributed by atoms with Gasteiger partial charge in [0.15, 0.2) is 0 Å². The van der Waals surface area contributed by atoms with E-state index in [1.165, 1.54) is 18.5 Å². The van der Waals surface area contributed by atoms with Crippen LogP contribution in [0.4, 0.5) is 5.69 Å². The van der Waals surface area contributed by atoms with E-state index in [-0.39, 0.29) is 0 Å². The summed E-state index contributed by atoms with van der Waals surface area (Å²) in [6.45, 7) is 1.80. The van der Waals surface area contributed by atoms with Gasteiger partial charge in [-0.2, -0.15) is 0 Å². The van der Waals surface area contributed by atoms with Gasteiger partial charge < -0.3 is 10.6 Å². The Kier molecular flexibility index (Phi) is 3.72. The maximum atomic E-state index is 6.22. The molecule has 0 amide bonds. The molecule has 0 spiro atoms. The molecule has 1 aliphatic rings. The summed E-state index contributed by atoms with van der Waals surface area (Å²) in [4.78, 5) is 2.29. The molecule has 0 bridgehead atoms. The molecule has 0 unspecified atom stereocenters. The number of hydrogen-bond donors (Lipinski definition) is 1. The number of halogens is 1. The van der Waals surface area contributed by atoms with Gasteiger partial charge in [-0.05, 0) is 49.4 Å². The molecule has 0 saturated heterocycles. The van der Waals surface area contributed by atoms with E-state index in [9.17, 15) is 0 Å². The van der Waals surface area contributed by atoms with E-state index >= 15 is 0 Å². The van der Waals surface area contributed by atoms with Crippen LogP contribution in [0, 0.1) is 5.92 Å². The van der Waals surface area contributed by atoms with Crippen molar-refractivity contribution < 1.29 is 0 Å². The van der Waals surface area contributed by atoms with Crippen LogP contribution in [-0.4, -0.2) is 20.1 Å². The second kappa shape index (κ2) is 5.07. The van der Waals surface area contributed by atoms with Gasteiger partial charge in [-0.3, -0.25) is 0 Å². The van der Waals surface area contributed by atoms with Gasteiger partial charge in [-0.25, -0.2) is 0 Å². The predicted molar refractivity (Wildman–Crippen MR) is 70.2 cm³/mol. The van der Waals surface area contributed by atoms with E-state index in [1.807, 2.05) is 0 Å². The molecule has 16 heavy (non-hydrogen) atoms. The van der Waals surface area contributed by atoms with Crippen LogP contribution >= 0.6 is 11.6 Å². The molecule has 3 heteroatoms. The summed E-state index contributed by atoms with van der Waals surface area (Å²) >= 11 is 6.22. The summed E-state index contributed by atoms with van der Waals surface area (Å²) < 4.78 is 0. The van der Waals surface area contributed by atoms with Crippen molar-refractivity contribution in [2.75, 3.05) is 25.0 Å².